The van der Waals surface area contributed by atoms with E-state index in [9.17, 15) is 4.79 Å². The van der Waals surface area contributed by atoms with Crippen LogP contribution in [0.4, 0.5) is 0 Å². The molecule has 3 rings (SSSR count). The van der Waals surface area contributed by atoms with Gasteiger partial charge in [-0.15, -0.1) is 11.3 Å². The number of thiophene rings is 1. The number of carbonyl (C=O) groups is 1. The second-order valence-corrected chi connectivity index (χ2v) is 5.95. The molecule has 114 valence electrons. The Bertz CT molecular complexity index is 776. The van der Waals surface area contributed by atoms with Crippen molar-refractivity contribution in [3.63, 3.8) is 0 Å². The summed E-state index contributed by atoms with van der Waals surface area (Å²) in [5, 5.41) is 2.89. The van der Waals surface area contributed by atoms with Crippen molar-refractivity contribution in [1.29, 1.82) is 0 Å². The average Bonchev–Trinajstić information content (AvgIpc) is 3.20. The van der Waals surface area contributed by atoms with Crippen LogP contribution in [0.1, 0.15) is 22.4 Å². The maximum atomic E-state index is 12.6. The van der Waals surface area contributed by atoms with Crippen molar-refractivity contribution in [2.75, 3.05) is 13.7 Å². The largest absolute Gasteiger partial charge is 0.497 e. The lowest BCUT2D eigenvalue weighted by Crippen LogP contribution is -2.29. The van der Waals surface area contributed by atoms with Crippen LogP contribution in [0.5, 0.6) is 5.75 Å². The predicted molar refractivity (Wildman–Crippen MR) is 87.5 cm³/mol. The first-order valence-electron chi connectivity index (χ1n) is 7.10. The molecule has 2 aromatic heterocycles. The lowest BCUT2D eigenvalue weighted by molar-refractivity contribution is 0.0724. The van der Waals surface area contributed by atoms with Gasteiger partial charge >= 0.3 is 0 Å². The molecule has 0 saturated carbocycles. The van der Waals surface area contributed by atoms with Gasteiger partial charge in [-0.05, 0) is 42.6 Å². The molecule has 0 spiro atoms. The second-order valence-electron chi connectivity index (χ2n) is 4.91. The van der Waals surface area contributed by atoms with Crippen LogP contribution in [0.3, 0.4) is 0 Å². The van der Waals surface area contributed by atoms with Gasteiger partial charge in [-0.25, -0.2) is 0 Å². The van der Waals surface area contributed by atoms with Crippen LogP contribution in [-0.2, 0) is 6.54 Å². The summed E-state index contributed by atoms with van der Waals surface area (Å²) >= 11 is 1.65. The fourth-order valence-corrected chi connectivity index (χ4v) is 3.05. The van der Waals surface area contributed by atoms with Gasteiger partial charge < -0.3 is 14.1 Å². The highest BCUT2D eigenvalue weighted by atomic mass is 32.1. The van der Waals surface area contributed by atoms with Crippen LogP contribution >= 0.6 is 11.3 Å². The first-order chi connectivity index (χ1) is 10.7. The molecule has 0 unspecified atom stereocenters. The van der Waals surface area contributed by atoms with E-state index in [-0.39, 0.29) is 5.91 Å². The molecule has 4 nitrogen and oxygen atoms in total. The SMILES string of the molecule is CCN(Cc1cccs1)C(=O)c1cc2cc(OC)ccc2o1. The van der Waals surface area contributed by atoms with E-state index in [0.717, 1.165) is 16.0 Å². The van der Waals surface area contributed by atoms with Crippen molar-refractivity contribution in [2.24, 2.45) is 0 Å². The maximum Gasteiger partial charge on any atom is 0.289 e. The standard InChI is InChI=1S/C17H17NO3S/c1-3-18(11-14-5-4-8-22-14)17(19)16-10-12-9-13(20-2)6-7-15(12)21-16/h4-10H,3,11H2,1-2H3. The number of hydrogen-bond acceptors (Lipinski definition) is 4. The number of amides is 1. The summed E-state index contributed by atoms with van der Waals surface area (Å²) < 4.78 is 10.9. The summed E-state index contributed by atoms with van der Waals surface area (Å²) in [7, 11) is 1.62. The molecule has 0 saturated heterocycles. The third kappa shape index (κ3) is 2.85. The molecule has 0 N–H and O–H groups in total. The zero-order chi connectivity index (χ0) is 15.5. The van der Waals surface area contributed by atoms with Gasteiger partial charge in [0.1, 0.15) is 11.3 Å². The summed E-state index contributed by atoms with van der Waals surface area (Å²) in [6.07, 6.45) is 0. The van der Waals surface area contributed by atoms with E-state index >= 15 is 0 Å². The monoisotopic (exact) mass is 315 g/mol. The van der Waals surface area contributed by atoms with E-state index in [1.54, 1.807) is 29.4 Å². The predicted octanol–water partition coefficient (Wildman–Crippen LogP) is 4.17. The van der Waals surface area contributed by atoms with Crippen molar-refractivity contribution in [1.82, 2.24) is 4.90 Å². The second kappa shape index (κ2) is 6.23. The van der Waals surface area contributed by atoms with Crippen LogP contribution in [0.15, 0.2) is 46.2 Å². The smallest absolute Gasteiger partial charge is 0.289 e. The van der Waals surface area contributed by atoms with E-state index in [2.05, 4.69) is 0 Å². The van der Waals surface area contributed by atoms with Crippen LogP contribution in [0, 0.1) is 0 Å². The summed E-state index contributed by atoms with van der Waals surface area (Å²) in [6.45, 7) is 3.21. The Labute approximate surface area is 132 Å². The Hall–Kier alpha value is -2.27. The van der Waals surface area contributed by atoms with Gasteiger partial charge in [0.25, 0.3) is 5.91 Å². The van der Waals surface area contributed by atoms with Crippen molar-refractivity contribution in [3.05, 3.63) is 52.4 Å². The zero-order valence-corrected chi connectivity index (χ0v) is 13.4. The molecule has 5 heteroatoms. The van der Waals surface area contributed by atoms with Crippen molar-refractivity contribution < 1.29 is 13.9 Å². The van der Waals surface area contributed by atoms with Gasteiger partial charge in [-0.3, -0.25) is 4.79 Å². The van der Waals surface area contributed by atoms with Crippen molar-refractivity contribution in [2.45, 2.75) is 13.5 Å². The minimum Gasteiger partial charge on any atom is -0.497 e. The normalized spacial score (nSPS) is 10.8. The Morgan fingerprint density at radius 3 is 2.86 bits per heavy atom. The van der Waals surface area contributed by atoms with Gasteiger partial charge in [0.2, 0.25) is 0 Å². The van der Waals surface area contributed by atoms with E-state index in [1.165, 1.54) is 0 Å². The van der Waals surface area contributed by atoms with Crippen molar-refractivity contribution in [3.8, 4) is 5.75 Å². The molecular weight excluding hydrogens is 298 g/mol. The molecule has 0 aliphatic carbocycles. The number of rotatable bonds is 5. The summed E-state index contributed by atoms with van der Waals surface area (Å²) in [6, 6.07) is 11.3. The summed E-state index contributed by atoms with van der Waals surface area (Å²) in [4.78, 5) is 15.6. The molecule has 0 atom stereocenters. The third-order valence-electron chi connectivity index (χ3n) is 3.53. The molecule has 1 amide bonds. The zero-order valence-electron chi connectivity index (χ0n) is 12.5. The van der Waals surface area contributed by atoms with E-state index < -0.39 is 0 Å². The van der Waals surface area contributed by atoms with Crippen LogP contribution < -0.4 is 4.74 Å². The highest BCUT2D eigenvalue weighted by Gasteiger charge is 2.19. The van der Waals surface area contributed by atoms with Gasteiger partial charge in [-0.1, -0.05) is 6.07 Å². The molecule has 0 aliphatic rings. The first-order valence-corrected chi connectivity index (χ1v) is 7.98. The highest BCUT2D eigenvalue weighted by molar-refractivity contribution is 7.09. The van der Waals surface area contributed by atoms with Gasteiger partial charge in [0, 0.05) is 16.8 Å². The summed E-state index contributed by atoms with van der Waals surface area (Å²) in [5.41, 5.74) is 0.691. The lowest BCUT2D eigenvalue weighted by Gasteiger charge is -2.18. The van der Waals surface area contributed by atoms with Crippen molar-refractivity contribution >= 4 is 28.2 Å². The molecule has 0 radical (unpaired) electrons. The molecule has 2 heterocycles. The molecule has 3 aromatic rings. The Balaban J connectivity index is 1.86. The average molecular weight is 315 g/mol. The van der Waals surface area contributed by atoms with E-state index in [0.29, 0.717) is 24.4 Å². The van der Waals surface area contributed by atoms with Gasteiger partial charge in [0.15, 0.2) is 5.76 Å². The van der Waals surface area contributed by atoms with Gasteiger partial charge in [0.05, 0.1) is 13.7 Å². The number of benzene rings is 1. The highest BCUT2D eigenvalue weighted by Crippen LogP contribution is 2.25. The Kier molecular flexibility index (Phi) is 4.15. The molecule has 0 bridgehead atoms. The fourth-order valence-electron chi connectivity index (χ4n) is 2.33. The maximum absolute atomic E-state index is 12.6. The lowest BCUT2D eigenvalue weighted by atomic mass is 10.2. The van der Waals surface area contributed by atoms with Crippen LogP contribution in [0.2, 0.25) is 0 Å². The number of ether oxygens (including phenoxy) is 1. The molecule has 22 heavy (non-hydrogen) atoms. The number of nitrogens with zero attached hydrogens (tertiary/aromatic N) is 1. The Morgan fingerprint density at radius 1 is 1.32 bits per heavy atom. The summed E-state index contributed by atoms with van der Waals surface area (Å²) in [5.74, 6) is 1.02. The number of hydrogen-bond donors (Lipinski definition) is 0. The molecule has 1 aromatic carbocycles. The minimum absolute atomic E-state index is 0.0916. The first kappa shape index (κ1) is 14.7. The van der Waals surface area contributed by atoms with Gasteiger partial charge in [-0.2, -0.15) is 0 Å². The van der Waals surface area contributed by atoms with E-state index in [4.69, 9.17) is 9.15 Å². The minimum atomic E-state index is -0.0916. The fraction of sp³-hybridized carbons (Fsp3) is 0.235. The quantitative estimate of drug-likeness (QED) is 0.710. The number of furan rings is 1. The number of fused-ring (bicyclic) bond motifs is 1. The topological polar surface area (TPSA) is 42.7 Å². The van der Waals surface area contributed by atoms with E-state index in [1.807, 2.05) is 42.6 Å². The molecular formula is C17H17NO3S. The number of carbonyl (C=O) groups excluding carboxylic acids is 1. The number of methoxy groups -OCH3 is 1. The van der Waals surface area contributed by atoms with Crippen LogP contribution in [-0.4, -0.2) is 24.5 Å². The third-order valence-corrected chi connectivity index (χ3v) is 4.39. The molecule has 0 aliphatic heterocycles. The Morgan fingerprint density at radius 2 is 2.18 bits per heavy atom. The van der Waals surface area contributed by atoms with Crippen LogP contribution in [0.25, 0.3) is 11.0 Å². The molecule has 0 fully saturated rings.